The maximum atomic E-state index is 11.8. The molecule has 0 spiro atoms. The second-order valence-electron chi connectivity index (χ2n) is 5.45. The maximum absolute atomic E-state index is 11.8. The number of nitrogens with zero attached hydrogens (tertiary/aromatic N) is 1. The van der Waals surface area contributed by atoms with Crippen LogP contribution >= 0.6 is 0 Å². The lowest BCUT2D eigenvalue weighted by Gasteiger charge is -2.29. The third-order valence-corrected chi connectivity index (χ3v) is 2.10. The molecular weight excluding hydrogens is 210 g/mol. The molecule has 1 N–H and O–H groups in total. The molecule has 1 rings (SSSR count). The van der Waals surface area contributed by atoms with Crippen molar-refractivity contribution in [3.05, 3.63) is 0 Å². The number of rotatable bonds is 0. The SMILES string of the molecule is CC(C)(C)OC(=O)N1CCOC[C@@](C)(O)C1. The minimum absolute atomic E-state index is 0.238. The Labute approximate surface area is 96.3 Å². The Morgan fingerprint density at radius 3 is 2.69 bits per heavy atom. The monoisotopic (exact) mass is 231 g/mol. The average Bonchev–Trinajstić information content (AvgIpc) is 2.23. The molecule has 0 aromatic heterocycles. The lowest BCUT2D eigenvalue weighted by molar-refractivity contribution is -0.0270. The molecule has 1 aliphatic heterocycles. The molecule has 0 aromatic rings. The highest BCUT2D eigenvalue weighted by Crippen LogP contribution is 2.15. The predicted molar refractivity (Wildman–Crippen MR) is 59.2 cm³/mol. The van der Waals surface area contributed by atoms with Crippen LogP contribution in [0.2, 0.25) is 0 Å². The van der Waals surface area contributed by atoms with Gasteiger partial charge in [0.1, 0.15) is 11.2 Å². The number of hydrogen-bond donors (Lipinski definition) is 1. The third-order valence-electron chi connectivity index (χ3n) is 2.10. The molecule has 1 saturated heterocycles. The highest BCUT2D eigenvalue weighted by molar-refractivity contribution is 5.68. The number of carbonyl (C=O) groups is 1. The standard InChI is InChI=1S/C11H21NO4/c1-10(2,3)16-9(13)12-5-6-15-8-11(4,14)7-12/h14H,5-8H2,1-4H3/t11-/m0/s1. The van der Waals surface area contributed by atoms with Gasteiger partial charge in [-0.25, -0.2) is 4.79 Å². The molecule has 0 saturated carbocycles. The van der Waals surface area contributed by atoms with Crippen LogP contribution in [-0.4, -0.2) is 53.6 Å². The first-order valence-corrected chi connectivity index (χ1v) is 5.48. The summed E-state index contributed by atoms with van der Waals surface area (Å²) >= 11 is 0. The van der Waals surface area contributed by atoms with Crippen molar-refractivity contribution < 1.29 is 19.4 Å². The second kappa shape index (κ2) is 4.59. The molecule has 16 heavy (non-hydrogen) atoms. The number of aliphatic hydroxyl groups is 1. The van der Waals surface area contributed by atoms with Gasteiger partial charge in [0.2, 0.25) is 0 Å². The topological polar surface area (TPSA) is 59.0 Å². The van der Waals surface area contributed by atoms with Crippen LogP contribution in [0.25, 0.3) is 0 Å². The Kier molecular flexibility index (Phi) is 3.80. The average molecular weight is 231 g/mol. The van der Waals surface area contributed by atoms with Crippen molar-refractivity contribution >= 4 is 6.09 Å². The van der Waals surface area contributed by atoms with Gasteiger partial charge in [-0.1, -0.05) is 0 Å². The maximum Gasteiger partial charge on any atom is 0.410 e. The highest BCUT2D eigenvalue weighted by atomic mass is 16.6. The van der Waals surface area contributed by atoms with Gasteiger partial charge in [-0.05, 0) is 27.7 Å². The van der Waals surface area contributed by atoms with Crippen LogP contribution in [0.15, 0.2) is 0 Å². The minimum atomic E-state index is -1.01. The zero-order chi connectivity index (χ0) is 12.4. The van der Waals surface area contributed by atoms with Gasteiger partial charge in [-0.15, -0.1) is 0 Å². The lowest BCUT2D eigenvalue weighted by atomic mass is 10.1. The summed E-state index contributed by atoms with van der Waals surface area (Å²) in [5, 5.41) is 9.90. The van der Waals surface area contributed by atoms with E-state index in [0.717, 1.165) is 0 Å². The van der Waals surface area contributed by atoms with Crippen LogP contribution in [-0.2, 0) is 9.47 Å². The van der Waals surface area contributed by atoms with Gasteiger partial charge in [0.25, 0.3) is 0 Å². The van der Waals surface area contributed by atoms with Gasteiger partial charge in [-0.3, -0.25) is 0 Å². The molecule has 0 unspecified atom stereocenters. The van der Waals surface area contributed by atoms with Crippen molar-refractivity contribution in [3.63, 3.8) is 0 Å². The zero-order valence-electron chi connectivity index (χ0n) is 10.4. The minimum Gasteiger partial charge on any atom is -0.444 e. The zero-order valence-corrected chi connectivity index (χ0v) is 10.4. The van der Waals surface area contributed by atoms with E-state index in [-0.39, 0.29) is 13.2 Å². The van der Waals surface area contributed by atoms with Crippen LogP contribution < -0.4 is 0 Å². The first-order valence-electron chi connectivity index (χ1n) is 5.48. The van der Waals surface area contributed by atoms with Crippen molar-refractivity contribution in [2.75, 3.05) is 26.3 Å². The van der Waals surface area contributed by atoms with Crippen LogP contribution in [0.5, 0.6) is 0 Å². The highest BCUT2D eigenvalue weighted by Gasteiger charge is 2.32. The molecule has 0 radical (unpaired) electrons. The number of ether oxygens (including phenoxy) is 2. The van der Waals surface area contributed by atoms with E-state index >= 15 is 0 Å². The van der Waals surface area contributed by atoms with E-state index in [1.165, 1.54) is 4.90 Å². The van der Waals surface area contributed by atoms with Crippen LogP contribution in [0.1, 0.15) is 27.7 Å². The van der Waals surface area contributed by atoms with Crippen molar-refractivity contribution in [1.82, 2.24) is 4.90 Å². The largest absolute Gasteiger partial charge is 0.444 e. The van der Waals surface area contributed by atoms with Crippen molar-refractivity contribution in [2.24, 2.45) is 0 Å². The molecule has 0 aliphatic carbocycles. The molecule has 1 amide bonds. The number of amides is 1. The molecule has 1 aliphatic rings. The van der Waals surface area contributed by atoms with E-state index in [0.29, 0.717) is 13.2 Å². The number of hydrogen-bond acceptors (Lipinski definition) is 4. The summed E-state index contributed by atoms with van der Waals surface area (Å²) in [6.45, 7) is 8.45. The van der Waals surface area contributed by atoms with E-state index < -0.39 is 17.3 Å². The fourth-order valence-electron chi connectivity index (χ4n) is 1.48. The Balaban J connectivity index is 2.61. The molecule has 0 bridgehead atoms. The van der Waals surface area contributed by atoms with Gasteiger partial charge in [-0.2, -0.15) is 0 Å². The number of carbonyl (C=O) groups excluding carboxylic acids is 1. The first kappa shape index (κ1) is 13.3. The Bertz CT molecular complexity index is 257. The van der Waals surface area contributed by atoms with Crippen LogP contribution in [0.4, 0.5) is 4.79 Å². The summed E-state index contributed by atoms with van der Waals surface area (Å²) < 4.78 is 10.5. The van der Waals surface area contributed by atoms with Crippen LogP contribution in [0, 0.1) is 0 Å². The van der Waals surface area contributed by atoms with Crippen LogP contribution in [0.3, 0.4) is 0 Å². The van der Waals surface area contributed by atoms with Gasteiger partial charge in [0.15, 0.2) is 0 Å². The molecular formula is C11H21NO4. The predicted octanol–water partition coefficient (Wildman–Crippen LogP) is 1.00. The molecule has 1 heterocycles. The Morgan fingerprint density at radius 2 is 2.12 bits per heavy atom. The van der Waals surface area contributed by atoms with E-state index in [4.69, 9.17) is 9.47 Å². The van der Waals surface area contributed by atoms with Gasteiger partial charge in [0, 0.05) is 6.54 Å². The normalized spacial score (nSPS) is 27.4. The van der Waals surface area contributed by atoms with Gasteiger partial charge >= 0.3 is 6.09 Å². The molecule has 5 heteroatoms. The molecule has 1 atom stereocenters. The summed E-state index contributed by atoms with van der Waals surface area (Å²) in [6, 6.07) is 0. The second-order valence-corrected chi connectivity index (χ2v) is 5.45. The summed E-state index contributed by atoms with van der Waals surface area (Å²) in [5.74, 6) is 0. The summed E-state index contributed by atoms with van der Waals surface area (Å²) in [7, 11) is 0. The van der Waals surface area contributed by atoms with Gasteiger partial charge < -0.3 is 19.5 Å². The molecule has 0 aromatic carbocycles. The van der Waals surface area contributed by atoms with E-state index in [9.17, 15) is 9.90 Å². The molecule has 1 fully saturated rings. The molecule has 5 nitrogen and oxygen atoms in total. The van der Waals surface area contributed by atoms with E-state index in [1.807, 2.05) is 20.8 Å². The third kappa shape index (κ3) is 4.37. The summed E-state index contributed by atoms with van der Waals surface area (Å²) in [6.07, 6.45) is -0.404. The van der Waals surface area contributed by atoms with Crippen molar-refractivity contribution in [2.45, 2.75) is 38.9 Å². The lowest BCUT2D eigenvalue weighted by Crippen LogP contribution is -2.46. The fraction of sp³-hybridized carbons (Fsp3) is 0.909. The van der Waals surface area contributed by atoms with E-state index in [1.54, 1.807) is 6.92 Å². The van der Waals surface area contributed by atoms with E-state index in [2.05, 4.69) is 0 Å². The number of β-amino-alcohol motifs (C(OH)–C–C–N with tert-alkyl or cyclic N) is 1. The van der Waals surface area contributed by atoms with Crippen molar-refractivity contribution in [1.29, 1.82) is 0 Å². The Morgan fingerprint density at radius 1 is 1.50 bits per heavy atom. The quantitative estimate of drug-likeness (QED) is 0.676. The smallest absolute Gasteiger partial charge is 0.410 e. The molecule has 94 valence electrons. The van der Waals surface area contributed by atoms with Gasteiger partial charge in [0.05, 0.1) is 19.8 Å². The summed E-state index contributed by atoms with van der Waals surface area (Å²) in [4.78, 5) is 13.3. The summed E-state index contributed by atoms with van der Waals surface area (Å²) in [5.41, 5.74) is -1.52. The fourth-order valence-corrected chi connectivity index (χ4v) is 1.48. The van der Waals surface area contributed by atoms with Crippen molar-refractivity contribution in [3.8, 4) is 0 Å². The first-order chi connectivity index (χ1) is 7.20. The Hall–Kier alpha value is -0.810.